The van der Waals surface area contributed by atoms with E-state index in [9.17, 15) is 4.79 Å². The van der Waals surface area contributed by atoms with E-state index in [0.29, 0.717) is 11.3 Å². The van der Waals surface area contributed by atoms with Crippen molar-refractivity contribution in [3.05, 3.63) is 29.3 Å². The lowest BCUT2D eigenvalue weighted by Gasteiger charge is -2.29. The van der Waals surface area contributed by atoms with Crippen LogP contribution in [-0.2, 0) is 0 Å². The maximum absolute atomic E-state index is 12.3. The molecule has 0 aliphatic carbocycles. The highest BCUT2D eigenvalue weighted by Gasteiger charge is 2.16. The van der Waals surface area contributed by atoms with E-state index in [4.69, 9.17) is 5.73 Å². The number of piperidine rings is 1. The molecule has 1 aromatic rings. The zero-order chi connectivity index (χ0) is 14.5. The minimum atomic E-state index is -0.0734. The van der Waals surface area contributed by atoms with Crippen LogP contribution in [0.4, 0.5) is 5.69 Å². The summed E-state index contributed by atoms with van der Waals surface area (Å²) in [6.07, 6.45) is 3.87. The van der Waals surface area contributed by atoms with Gasteiger partial charge in [-0.15, -0.1) is 0 Å². The molecule has 1 saturated heterocycles. The van der Waals surface area contributed by atoms with Crippen LogP contribution in [0.25, 0.3) is 0 Å². The number of rotatable bonds is 4. The lowest BCUT2D eigenvalue weighted by atomic mass is 10.1. The fraction of sp³-hybridized carbons (Fsp3) is 0.562. The number of carbonyl (C=O) groups is 1. The third kappa shape index (κ3) is 3.97. The van der Waals surface area contributed by atoms with Gasteiger partial charge in [0.2, 0.25) is 0 Å². The van der Waals surface area contributed by atoms with Crippen molar-refractivity contribution < 1.29 is 4.79 Å². The van der Waals surface area contributed by atoms with Gasteiger partial charge < -0.3 is 16.0 Å². The Kier molecular flexibility index (Phi) is 5.01. The molecule has 4 heteroatoms. The molecular weight excluding hydrogens is 250 g/mol. The van der Waals surface area contributed by atoms with E-state index in [-0.39, 0.29) is 11.9 Å². The van der Waals surface area contributed by atoms with Crippen molar-refractivity contribution in [1.29, 1.82) is 0 Å². The van der Waals surface area contributed by atoms with Crippen molar-refractivity contribution in [2.24, 2.45) is 0 Å². The fourth-order valence-corrected chi connectivity index (χ4v) is 2.74. The molecule has 2 rings (SSSR count). The van der Waals surface area contributed by atoms with E-state index < -0.39 is 0 Å². The molecule has 1 aliphatic heterocycles. The second-order valence-electron chi connectivity index (χ2n) is 5.83. The summed E-state index contributed by atoms with van der Waals surface area (Å²) in [5, 5.41) is 3.05. The van der Waals surface area contributed by atoms with Gasteiger partial charge in [0.05, 0.1) is 5.56 Å². The summed E-state index contributed by atoms with van der Waals surface area (Å²) in [6, 6.07) is 5.70. The molecule has 1 aromatic carbocycles. The quantitative estimate of drug-likeness (QED) is 0.828. The van der Waals surface area contributed by atoms with Crippen molar-refractivity contribution in [1.82, 2.24) is 10.2 Å². The van der Waals surface area contributed by atoms with E-state index in [0.717, 1.165) is 25.2 Å². The topological polar surface area (TPSA) is 58.4 Å². The first-order chi connectivity index (χ1) is 9.56. The smallest absolute Gasteiger partial charge is 0.253 e. The third-order valence-electron chi connectivity index (χ3n) is 3.81. The predicted molar refractivity (Wildman–Crippen MR) is 82.8 cm³/mol. The molecule has 1 unspecified atom stereocenters. The molecule has 1 atom stereocenters. The molecule has 1 aliphatic rings. The van der Waals surface area contributed by atoms with E-state index in [1.807, 2.05) is 19.1 Å². The summed E-state index contributed by atoms with van der Waals surface area (Å²) in [7, 11) is 0. The predicted octanol–water partition coefficient (Wildman–Crippen LogP) is 2.18. The SMILES string of the molecule is Cc1ccc(N)c(C(=O)NC(C)CN2CCCCC2)c1. The summed E-state index contributed by atoms with van der Waals surface area (Å²) in [5.74, 6) is -0.0734. The standard InChI is InChI=1S/C16H25N3O/c1-12-6-7-15(17)14(10-12)16(20)18-13(2)11-19-8-4-3-5-9-19/h6-7,10,13H,3-5,8-9,11,17H2,1-2H3,(H,18,20). The van der Waals surface area contributed by atoms with Gasteiger partial charge in [-0.25, -0.2) is 0 Å². The summed E-state index contributed by atoms with van der Waals surface area (Å²) < 4.78 is 0. The molecule has 0 spiro atoms. The molecule has 4 nitrogen and oxygen atoms in total. The van der Waals surface area contributed by atoms with Crippen molar-refractivity contribution >= 4 is 11.6 Å². The number of amides is 1. The van der Waals surface area contributed by atoms with Crippen LogP contribution in [0.1, 0.15) is 42.1 Å². The lowest BCUT2D eigenvalue weighted by molar-refractivity contribution is 0.0926. The largest absolute Gasteiger partial charge is 0.398 e. The number of anilines is 1. The number of nitrogens with zero attached hydrogens (tertiary/aromatic N) is 1. The van der Waals surface area contributed by atoms with Gasteiger partial charge in [0.1, 0.15) is 0 Å². The van der Waals surface area contributed by atoms with Crippen LogP contribution in [0.15, 0.2) is 18.2 Å². The Labute approximate surface area is 121 Å². The number of hydrogen-bond donors (Lipinski definition) is 2. The van der Waals surface area contributed by atoms with Crippen molar-refractivity contribution in [2.45, 2.75) is 39.2 Å². The van der Waals surface area contributed by atoms with Crippen LogP contribution < -0.4 is 11.1 Å². The first-order valence-electron chi connectivity index (χ1n) is 7.45. The number of hydrogen-bond acceptors (Lipinski definition) is 3. The second kappa shape index (κ2) is 6.75. The van der Waals surface area contributed by atoms with E-state index in [1.54, 1.807) is 6.07 Å². The molecule has 1 fully saturated rings. The van der Waals surface area contributed by atoms with Crippen molar-refractivity contribution in [3.8, 4) is 0 Å². The highest BCUT2D eigenvalue weighted by Crippen LogP contribution is 2.14. The zero-order valence-electron chi connectivity index (χ0n) is 12.5. The molecule has 0 bridgehead atoms. The number of carbonyl (C=O) groups excluding carboxylic acids is 1. The molecule has 3 N–H and O–H groups in total. The highest BCUT2D eigenvalue weighted by atomic mass is 16.1. The van der Waals surface area contributed by atoms with Crippen LogP contribution in [0, 0.1) is 6.92 Å². The van der Waals surface area contributed by atoms with Crippen LogP contribution in [-0.4, -0.2) is 36.5 Å². The van der Waals surface area contributed by atoms with Gasteiger partial charge >= 0.3 is 0 Å². The Morgan fingerprint density at radius 1 is 1.35 bits per heavy atom. The molecule has 20 heavy (non-hydrogen) atoms. The minimum Gasteiger partial charge on any atom is -0.398 e. The summed E-state index contributed by atoms with van der Waals surface area (Å²) in [5.41, 5.74) is 8.05. The minimum absolute atomic E-state index is 0.0734. The Balaban J connectivity index is 1.91. The Morgan fingerprint density at radius 2 is 2.05 bits per heavy atom. The molecule has 0 radical (unpaired) electrons. The molecular formula is C16H25N3O. The number of nitrogens with two attached hydrogens (primary N) is 1. The van der Waals surface area contributed by atoms with Gasteiger partial charge in [-0.2, -0.15) is 0 Å². The van der Waals surface area contributed by atoms with Crippen molar-refractivity contribution in [3.63, 3.8) is 0 Å². The summed E-state index contributed by atoms with van der Waals surface area (Å²) >= 11 is 0. The van der Waals surface area contributed by atoms with Crippen LogP contribution in [0.3, 0.4) is 0 Å². The second-order valence-corrected chi connectivity index (χ2v) is 5.83. The maximum Gasteiger partial charge on any atom is 0.253 e. The molecule has 110 valence electrons. The number of benzene rings is 1. The number of likely N-dealkylation sites (tertiary alicyclic amines) is 1. The molecule has 0 aromatic heterocycles. The van der Waals surface area contributed by atoms with Crippen molar-refractivity contribution in [2.75, 3.05) is 25.4 Å². The van der Waals surface area contributed by atoms with E-state index >= 15 is 0 Å². The van der Waals surface area contributed by atoms with Crippen LogP contribution in [0.5, 0.6) is 0 Å². The van der Waals surface area contributed by atoms with Gasteiger partial charge in [0, 0.05) is 18.3 Å². The lowest BCUT2D eigenvalue weighted by Crippen LogP contribution is -2.43. The maximum atomic E-state index is 12.3. The highest BCUT2D eigenvalue weighted by molar-refractivity contribution is 5.99. The van der Waals surface area contributed by atoms with Gasteiger partial charge in [-0.3, -0.25) is 4.79 Å². The Morgan fingerprint density at radius 3 is 2.75 bits per heavy atom. The third-order valence-corrected chi connectivity index (χ3v) is 3.81. The molecule has 0 saturated carbocycles. The van der Waals surface area contributed by atoms with Gasteiger partial charge in [-0.1, -0.05) is 18.1 Å². The van der Waals surface area contributed by atoms with Crippen LogP contribution in [0.2, 0.25) is 0 Å². The van der Waals surface area contributed by atoms with E-state index in [1.165, 1.54) is 19.3 Å². The van der Waals surface area contributed by atoms with Gasteiger partial charge in [-0.05, 0) is 51.9 Å². The summed E-state index contributed by atoms with van der Waals surface area (Å²) in [4.78, 5) is 14.7. The van der Waals surface area contributed by atoms with Gasteiger partial charge in [0.25, 0.3) is 5.91 Å². The first-order valence-corrected chi connectivity index (χ1v) is 7.45. The Bertz CT molecular complexity index is 467. The average molecular weight is 275 g/mol. The number of nitrogen functional groups attached to an aromatic ring is 1. The number of nitrogens with one attached hydrogen (secondary N) is 1. The summed E-state index contributed by atoms with van der Waals surface area (Å²) in [6.45, 7) is 7.23. The number of aryl methyl sites for hydroxylation is 1. The van der Waals surface area contributed by atoms with E-state index in [2.05, 4.69) is 17.1 Å². The normalized spacial score (nSPS) is 17.7. The average Bonchev–Trinajstić information content (AvgIpc) is 2.42. The first kappa shape index (κ1) is 14.9. The zero-order valence-corrected chi connectivity index (χ0v) is 12.5. The molecule has 1 amide bonds. The fourth-order valence-electron chi connectivity index (χ4n) is 2.74. The van der Waals surface area contributed by atoms with Gasteiger partial charge in [0.15, 0.2) is 0 Å². The molecule has 1 heterocycles. The monoisotopic (exact) mass is 275 g/mol. The Hall–Kier alpha value is -1.55. The van der Waals surface area contributed by atoms with Crippen LogP contribution >= 0.6 is 0 Å².